The molecule has 1 amide bonds. The van der Waals surface area contributed by atoms with Gasteiger partial charge in [-0.25, -0.2) is 4.99 Å². The minimum Gasteiger partial charge on any atom is -0.267 e. The standard InChI is InChI=1S/C8H4BrClN2O/c9-4-1-2-5-6(7(4)10)8(13)12-3-11-5/h1-4H. The van der Waals surface area contributed by atoms with Gasteiger partial charge in [-0.3, -0.25) is 4.79 Å². The maximum absolute atomic E-state index is 11.3. The normalized spacial score (nSPS) is 26.2. The quantitative estimate of drug-likeness (QED) is 0.612. The first-order valence-corrected chi connectivity index (χ1v) is 4.86. The lowest BCUT2D eigenvalue weighted by molar-refractivity contribution is -0.113. The zero-order valence-corrected chi connectivity index (χ0v) is 8.71. The molecular weight excluding hydrogens is 255 g/mol. The second-order valence-electron chi connectivity index (χ2n) is 2.55. The van der Waals surface area contributed by atoms with Crippen LogP contribution in [0.1, 0.15) is 0 Å². The Morgan fingerprint density at radius 2 is 2.31 bits per heavy atom. The van der Waals surface area contributed by atoms with Crippen molar-refractivity contribution in [3.63, 3.8) is 0 Å². The average Bonchev–Trinajstić information content (AvgIpc) is 2.12. The highest BCUT2D eigenvalue weighted by atomic mass is 79.9. The van der Waals surface area contributed by atoms with Crippen LogP contribution in [0.4, 0.5) is 0 Å². The number of carbonyl (C=O) groups is 1. The van der Waals surface area contributed by atoms with E-state index in [1.165, 1.54) is 6.34 Å². The molecule has 0 aromatic carbocycles. The van der Waals surface area contributed by atoms with Gasteiger partial charge in [0, 0.05) is 0 Å². The number of nitrogens with zero attached hydrogens (tertiary/aromatic N) is 2. The summed E-state index contributed by atoms with van der Waals surface area (Å²) in [6.07, 6.45) is 4.82. The fourth-order valence-electron chi connectivity index (χ4n) is 1.13. The number of aliphatic imine (C=N–C) groups is 2. The van der Waals surface area contributed by atoms with Gasteiger partial charge in [0.1, 0.15) is 6.34 Å². The van der Waals surface area contributed by atoms with Gasteiger partial charge in [-0.1, -0.05) is 33.6 Å². The Kier molecular flexibility index (Phi) is 2.17. The van der Waals surface area contributed by atoms with E-state index in [2.05, 4.69) is 25.9 Å². The van der Waals surface area contributed by atoms with Crippen molar-refractivity contribution in [1.29, 1.82) is 0 Å². The summed E-state index contributed by atoms with van der Waals surface area (Å²) < 4.78 is 0. The number of amides is 1. The molecule has 0 spiro atoms. The Bertz CT molecular complexity index is 395. The van der Waals surface area contributed by atoms with E-state index < -0.39 is 0 Å². The summed E-state index contributed by atoms with van der Waals surface area (Å²) in [5.41, 5.74) is 0.981. The Balaban J connectivity index is 2.57. The molecule has 0 radical (unpaired) electrons. The molecular formula is C8H4BrClN2O. The summed E-state index contributed by atoms with van der Waals surface area (Å²) in [4.78, 5) is 18.7. The van der Waals surface area contributed by atoms with Gasteiger partial charge in [0.15, 0.2) is 0 Å². The first-order chi connectivity index (χ1) is 6.20. The van der Waals surface area contributed by atoms with E-state index in [4.69, 9.17) is 11.6 Å². The predicted molar refractivity (Wildman–Crippen MR) is 55.7 cm³/mol. The molecule has 1 heterocycles. The molecule has 2 aliphatic rings. The van der Waals surface area contributed by atoms with Crippen molar-refractivity contribution in [1.82, 2.24) is 0 Å². The minimum absolute atomic E-state index is 0.111. The molecule has 0 aromatic heterocycles. The van der Waals surface area contributed by atoms with Crippen LogP contribution in [0.3, 0.4) is 0 Å². The monoisotopic (exact) mass is 258 g/mol. The van der Waals surface area contributed by atoms with Gasteiger partial charge in [-0.15, -0.1) is 0 Å². The molecule has 13 heavy (non-hydrogen) atoms. The van der Waals surface area contributed by atoms with Crippen molar-refractivity contribution in [2.75, 3.05) is 0 Å². The molecule has 66 valence electrons. The maximum atomic E-state index is 11.3. The second-order valence-corrected chi connectivity index (χ2v) is 3.94. The van der Waals surface area contributed by atoms with Crippen molar-refractivity contribution in [3.8, 4) is 0 Å². The van der Waals surface area contributed by atoms with E-state index >= 15 is 0 Å². The van der Waals surface area contributed by atoms with Gasteiger partial charge in [-0.05, 0) is 6.08 Å². The topological polar surface area (TPSA) is 41.8 Å². The van der Waals surface area contributed by atoms with Crippen LogP contribution in [-0.2, 0) is 4.79 Å². The number of hydrogen-bond donors (Lipinski definition) is 0. The average molecular weight is 259 g/mol. The van der Waals surface area contributed by atoms with Crippen LogP contribution < -0.4 is 0 Å². The Morgan fingerprint density at radius 3 is 3.08 bits per heavy atom. The molecule has 2 rings (SSSR count). The lowest BCUT2D eigenvalue weighted by Gasteiger charge is -2.16. The van der Waals surface area contributed by atoms with Gasteiger partial charge >= 0.3 is 0 Å². The summed E-state index contributed by atoms with van der Waals surface area (Å²) in [5.74, 6) is -0.330. The molecule has 0 fully saturated rings. The van der Waals surface area contributed by atoms with Crippen LogP contribution in [0.25, 0.3) is 0 Å². The molecule has 0 saturated heterocycles. The third kappa shape index (κ3) is 1.40. The summed E-state index contributed by atoms with van der Waals surface area (Å²) in [6, 6.07) is 0. The molecule has 0 saturated carbocycles. The molecule has 0 bridgehead atoms. The van der Waals surface area contributed by atoms with Crippen LogP contribution in [0.5, 0.6) is 0 Å². The Labute approximate surface area is 88.0 Å². The van der Waals surface area contributed by atoms with Crippen molar-refractivity contribution < 1.29 is 4.79 Å². The molecule has 1 aliphatic heterocycles. The molecule has 3 nitrogen and oxygen atoms in total. The number of rotatable bonds is 0. The number of alkyl halides is 1. The second kappa shape index (κ2) is 3.20. The highest BCUT2D eigenvalue weighted by molar-refractivity contribution is 9.09. The third-order valence-electron chi connectivity index (χ3n) is 1.75. The van der Waals surface area contributed by atoms with Crippen LogP contribution in [0, 0.1) is 0 Å². The largest absolute Gasteiger partial charge is 0.281 e. The van der Waals surface area contributed by atoms with E-state index in [0.717, 1.165) is 0 Å². The summed E-state index contributed by atoms with van der Waals surface area (Å²) in [7, 11) is 0. The number of fused-ring (bicyclic) bond motifs is 1. The first-order valence-electron chi connectivity index (χ1n) is 3.57. The van der Waals surface area contributed by atoms with Crippen LogP contribution in [0.2, 0.25) is 0 Å². The molecule has 1 aliphatic carbocycles. The zero-order valence-electron chi connectivity index (χ0n) is 6.37. The van der Waals surface area contributed by atoms with Crippen LogP contribution >= 0.6 is 27.5 Å². The molecule has 1 unspecified atom stereocenters. The highest BCUT2D eigenvalue weighted by Gasteiger charge is 2.26. The van der Waals surface area contributed by atoms with Crippen LogP contribution in [-0.4, -0.2) is 22.8 Å². The van der Waals surface area contributed by atoms with Gasteiger partial charge in [0.2, 0.25) is 0 Å². The van der Waals surface area contributed by atoms with E-state index in [9.17, 15) is 4.79 Å². The zero-order chi connectivity index (χ0) is 9.42. The van der Waals surface area contributed by atoms with Gasteiger partial charge in [-0.2, -0.15) is 4.99 Å². The summed E-state index contributed by atoms with van der Waals surface area (Å²) >= 11 is 9.25. The van der Waals surface area contributed by atoms with Gasteiger partial charge in [0.05, 0.1) is 21.1 Å². The van der Waals surface area contributed by atoms with E-state index in [-0.39, 0.29) is 10.7 Å². The van der Waals surface area contributed by atoms with Crippen molar-refractivity contribution in [2.24, 2.45) is 9.98 Å². The highest BCUT2D eigenvalue weighted by Crippen LogP contribution is 2.28. The van der Waals surface area contributed by atoms with Gasteiger partial charge < -0.3 is 0 Å². The number of halogens is 2. The fourth-order valence-corrected chi connectivity index (χ4v) is 1.76. The maximum Gasteiger partial charge on any atom is 0.281 e. The molecule has 0 aromatic rings. The minimum atomic E-state index is -0.330. The van der Waals surface area contributed by atoms with Gasteiger partial charge in [0.25, 0.3) is 5.91 Å². The number of carbonyl (C=O) groups excluding carboxylic acids is 1. The first kappa shape index (κ1) is 8.84. The fraction of sp³-hybridized carbons (Fsp3) is 0.125. The number of hydrogen-bond acceptors (Lipinski definition) is 2. The van der Waals surface area contributed by atoms with E-state index in [1.807, 2.05) is 6.08 Å². The lowest BCUT2D eigenvalue weighted by atomic mass is 10.0. The third-order valence-corrected chi connectivity index (χ3v) is 3.20. The number of allylic oxidation sites excluding steroid dienone is 3. The lowest BCUT2D eigenvalue weighted by Crippen LogP contribution is -2.20. The molecule has 0 N–H and O–H groups in total. The van der Waals surface area contributed by atoms with Crippen molar-refractivity contribution in [3.05, 3.63) is 22.8 Å². The van der Waals surface area contributed by atoms with Crippen LogP contribution in [0.15, 0.2) is 32.7 Å². The predicted octanol–water partition coefficient (Wildman–Crippen LogP) is 1.82. The van der Waals surface area contributed by atoms with E-state index in [0.29, 0.717) is 16.3 Å². The Morgan fingerprint density at radius 1 is 1.54 bits per heavy atom. The molecule has 5 heteroatoms. The summed E-state index contributed by atoms with van der Waals surface area (Å²) in [6.45, 7) is 0. The summed E-state index contributed by atoms with van der Waals surface area (Å²) in [5, 5.41) is 0.447. The Hall–Kier alpha value is -0.740. The molecule has 1 atom stereocenters. The van der Waals surface area contributed by atoms with Crippen molar-refractivity contribution >= 4 is 45.5 Å². The smallest absolute Gasteiger partial charge is 0.267 e. The SMILES string of the molecule is O=C1N=CN=C2C=CC(Br)C(Cl)=C12. The van der Waals surface area contributed by atoms with Crippen molar-refractivity contribution in [2.45, 2.75) is 4.83 Å². The van der Waals surface area contributed by atoms with E-state index in [1.54, 1.807) is 6.08 Å².